The lowest BCUT2D eigenvalue weighted by atomic mass is 9.78. The third-order valence-corrected chi connectivity index (χ3v) is 10.3. The number of benzene rings is 4. The van der Waals surface area contributed by atoms with Crippen LogP contribution in [-0.4, -0.2) is 107 Å². The fraction of sp³-hybridized carbons (Fsp3) is 0.467. The normalized spacial score (nSPS) is 15.8. The van der Waals surface area contributed by atoms with E-state index in [0.717, 1.165) is 33.2 Å². The number of carbonyl (C=O) groups excluding carboxylic acids is 2. The maximum Gasteiger partial charge on any atom is 0.508 e. The number of nitrogens with zero attached hydrogens (tertiary/aromatic N) is 3. The van der Waals surface area contributed by atoms with Crippen LogP contribution in [0.4, 0.5) is 9.59 Å². The van der Waals surface area contributed by atoms with Crippen LogP contribution in [0.5, 0.6) is 17.2 Å². The topological polar surface area (TPSA) is 216 Å². The first-order valence-corrected chi connectivity index (χ1v) is 21.0. The van der Waals surface area contributed by atoms with Crippen LogP contribution in [0.2, 0.25) is 0 Å². The van der Waals surface area contributed by atoms with Crippen LogP contribution in [0.3, 0.4) is 0 Å². The molecule has 4 aromatic rings. The van der Waals surface area contributed by atoms with Gasteiger partial charge in [0.05, 0.1) is 79.7 Å². The summed E-state index contributed by atoms with van der Waals surface area (Å²) in [7, 11) is 3.23. The Morgan fingerprint density at radius 2 is 1.36 bits per heavy atom. The molecule has 19 nitrogen and oxygen atoms in total. The Labute approximate surface area is 370 Å². The summed E-state index contributed by atoms with van der Waals surface area (Å²) in [5.74, 6) is 1.16. The molecule has 19 heteroatoms. The van der Waals surface area contributed by atoms with Crippen molar-refractivity contribution in [3.8, 4) is 17.2 Å². The molecule has 1 heterocycles. The van der Waals surface area contributed by atoms with Crippen molar-refractivity contribution in [2.45, 2.75) is 57.3 Å². The van der Waals surface area contributed by atoms with Crippen LogP contribution in [0.25, 0.3) is 10.8 Å². The minimum Gasteiger partial charge on any atom is -0.496 e. The number of para-hydroxylation sites is 1. The maximum atomic E-state index is 13.6. The van der Waals surface area contributed by atoms with Gasteiger partial charge in [-0.3, -0.25) is 0 Å². The maximum absolute atomic E-state index is 13.6. The van der Waals surface area contributed by atoms with E-state index in [1.807, 2.05) is 84.9 Å². The Hall–Kier alpha value is -6.60. The minimum absolute atomic E-state index is 0.00218. The van der Waals surface area contributed by atoms with Crippen LogP contribution in [0.1, 0.15) is 54.7 Å². The van der Waals surface area contributed by atoms with Crippen molar-refractivity contribution in [2.24, 2.45) is 5.92 Å². The second-order valence-electron chi connectivity index (χ2n) is 14.7. The summed E-state index contributed by atoms with van der Waals surface area (Å²) in [5, 5.41) is 21.1. The van der Waals surface area contributed by atoms with Gasteiger partial charge in [0.25, 0.3) is 10.2 Å². The van der Waals surface area contributed by atoms with Crippen molar-refractivity contribution in [1.82, 2.24) is 4.90 Å². The molecule has 0 bridgehead atoms. The molecule has 1 amide bonds. The summed E-state index contributed by atoms with van der Waals surface area (Å²) in [6.45, 7) is 1.23. The molecule has 3 atom stereocenters. The third kappa shape index (κ3) is 15.6. The van der Waals surface area contributed by atoms with Crippen LogP contribution in [-0.2, 0) is 46.6 Å². The summed E-state index contributed by atoms with van der Waals surface area (Å²) in [6.07, 6.45) is -0.320. The average molecular weight is 894 g/mol. The highest BCUT2D eigenvalue weighted by atomic mass is 17.0. The van der Waals surface area contributed by atoms with Gasteiger partial charge in [0.1, 0.15) is 23.9 Å². The molecule has 0 aromatic heterocycles. The largest absolute Gasteiger partial charge is 0.508 e. The van der Waals surface area contributed by atoms with E-state index in [-0.39, 0.29) is 59.2 Å². The zero-order chi connectivity index (χ0) is 45.5. The highest BCUT2D eigenvalue weighted by Gasteiger charge is 2.41. The molecule has 346 valence electrons. The van der Waals surface area contributed by atoms with Crippen molar-refractivity contribution in [3.63, 3.8) is 0 Å². The summed E-state index contributed by atoms with van der Waals surface area (Å²) in [4.78, 5) is 57.5. The molecule has 1 aliphatic rings. The van der Waals surface area contributed by atoms with Gasteiger partial charge < -0.3 is 52.5 Å². The van der Waals surface area contributed by atoms with Gasteiger partial charge in [-0.25, -0.2) is 9.59 Å². The van der Waals surface area contributed by atoms with Gasteiger partial charge in [-0.15, -0.1) is 20.2 Å². The zero-order valence-corrected chi connectivity index (χ0v) is 36.0. The van der Waals surface area contributed by atoms with E-state index in [4.69, 9.17) is 37.9 Å². The summed E-state index contributed by atoms with van der Waals surface area (Å²) in [5.41, 5.74) is 2.64. The van der Waals surface area contributed by atoms with Crippen molar-refractivity contribution in [1.29, 1.82) is 0 Å². The lowest BCUT2D eigenvalue weighted by Gasteiger charge is -2.43. The van der Waals surface area contributed by atoms with E-state index in [9.17, 15) is 29.8 Å². The van der Waals surface area contributed by atoms with Crippen LogP contribution in [0.15, 0.2) is 84.9 Å². The Kier molecular flexibility index (Phi) is 19.8. The number of fused-ring (bicyclic) bond motifs is 1. The zero-order valence-electron chi connectivity index (χ0n) is 36.0. The Balaban J connectivity index is 1.30. The molecule has 3 unspecified atom stereocenters. The number of ether oxygens (including phenoxy) is 8. The number of likely N-dealkylation sites (tertiary alicyclic amines) is 1. The van der Waals surface area contributed by atoms with E-state index in [0.29, 0.717) is 57.0 Å². The smallest absolute Gasteiger partial charge is 0.496 e. The van der Waals surface area contributed by atoms with Crippen molar-refractivity contribution < 1.29 is 67.3 Å². The van der Waals surface area contributed by atoms with Crippen LogP contribution >= 0.6 is 0 Å². The van der Waals surface area contributed by atoms with Gasteiger partial charge in [-0.05, 0) is 72.5 Å². The summed E-state index contributed by atoms with van der Waals surface area (Å²) >= 11 is 0. The van der Waals surface area contributed by atoms with Gasteiger partial charge >= 0.3 is 12.2 Å². The summed E-state index contributed by atoms with van der Waals surface area (Å²) < 4.78 is 46.2. The van der Waals surface area contributed by atoms with Gasteiger partial charge in [0.2, 0.25) is 0 Å². The third-order valence-electron chi connectivity index (χ3n) is 10.3. The molecular formula is C45H55N3O16. The highest BCUT2D eigenvalue weighted by molar-refractivity contribution is 5.89. The monoisotopic (exact) mass is 893 g/mol. The minimum atomic E-state index is -0.943. The Bertz CT molecular complexity index is 2090. The van der Waals surface area contributed by atoms with Gasteiger partial charge in [0.15, 0.2) is 0 Å². The first-order chi connectivity index (χ1) is 31.1. The Morgan fingerprint density at radius 3 is 2.08 bits per heavy atom. The number of hydrogen-bond donors (Lipinski definition) is 0. The number of methoxy groups -OCH3 is 2. The highest BCUT2D eigenvalue weighted by Crippen LogP contribution is 2.38. The van der Waals surface area contributed by atoms with Crippen LogP contribution in [0, 0.1) is 26.1 Å². The van der Waals surface area contributed by atoms with Crippen LogP contribution < -0.4 is 14.2 Å². The lowest BCUT2D eigenvalue weighted by molar-refractivity contribution is -0.757. The lowest BCUT2D eigenvalue weighted by Crippen LogP contribution is -2.52. The van der Waals surface area contributed by atoms with Gasteiger partial charge in [0, 0.05) is 35.8 Å². The van der Waals surface area contributed by atoms with Crippen molar-refractivity contribution in [2.75, 3.05) is 73.6 Å². The molecule has 0 saturated carbocycles. The predicted molar refractivity (Wildman–Crippen MR) is 229 cm³/mol. The van der Waals surface area contributed by atoms with Gasteiger partial charge in [-0.2, -0.15) is 0 Å². The first-order valence-electron chi connectivity index (χ1n) is 21.0. The van der Waals surface area contributed by atoms with Crippen molar-refractivity contribution in [3.05, 3.63) is 122 Å². The molecule has 5 rings (SSSR count). The predicted octanol–water partition coefficient (Wildman–Crippen LogP) is 7.71. The van der Waals surface area contributed by atoms with E-state index < -0.39 is 40.4 Å². The second kappa shape index (κ2) is 26.1. The van der Waals surface area contributed by atoms with E-state index in [1.54, 1.807) is 14.2 Å². The second-order valence-corrected chi connectivity index (χ2v) is 14.7. The Morgan fingerprint density at radius 1 is 0.688 bits per heavy atom. The molecule has 1 saturated heterocycles. The molecule has 0 N–H and O–H groups in total. The number of amides is 1. The van der Waals surface area contributed by atoms with Crippen molar-refractivity contribution >= 4 is 23.0 Å². The SMILES string of the molecule is COc1ccccc1COCCCOc1ccc(C2C(COC(=O)OCCCCO[N+](=O)[O-])CN(C(=O)OCCCCO[N+](=O)[O-])CC2OCc2cc(OC)c3ccccc3c2)cc1. The molecule has 1 aliphatic heterocycles. The molecule has 64 heavy (non-hydrogen) atoms. The first kappa shape index (κ1) is 48.4. The molecular weight excluding hydrogens is 838 g/mol. The average Bonchev–Trinajstić information content (AvgIpc) is 3.30. The van der Waals surface area contributed by atoms with E-state index in [2.05, 4.69) is 9.68 Å². The quantitative estimate of drug-likeness (QED) is 0.0242. The number of rotatable bonds is 27. The van der Waals surface area contributed by atoms with Gasteiger partial charge in [-0.1, -0.05) is 54.6 Å². The number of carbonyl (C=O) groups is 2. The molecule has 1 fully saturated rings. The standard InChI is InChI=1S/C45H55N3O16/c1-55-40-15-6-4-13-36(40)31-57-20-11-23-58-38-18-16-34(17-19-38)43-37(32-62-45(50)60-22-8-10-25-64-48(53)54)28-46(44(49)59-21-7-9-24-63-47(51)52)29-42(43)61-30-33-26-35-12-3-5-14-39(35)41(27-33)56-2/h3-6,12-19,26-27,37,42-43H,7-11,20-25,28-32H2,1-2H3. The fourth-order valence-electron chi connectivity index (χ4n) is 7.30. The number of unbranched alkanes of at least 4 members (excludes halogenated alkanes) is 2. The summed E-state index contributed by atoms with van der Waals surface area (Å²) in [6, 6.07) is 27.0. The fourth-order valence-corrected chi connectivity index (χ4v) is 7.30. The molecule has 0 radical (unpaired) electrons. The van der Waals surface area contributed by atoms with E-state index >= 15 is 0 Å². The molecule has 0 spiro atoms. The number of hydrogen-bond acceptors (Lipinski definition) is 16. The van der Waals surface area contributed by atoms with E-state index in [1.165, 1.54) is 4.90 Å². The number of piperidine rings is 1. The molecule has 4 aromatic carbocycles. The molecule has 0 aliphatic carbocycles.